The van der Waals surface area contributed by atoms with Crippen LogP contribution in [0.3, 0.4) is 0 Å². The molecule has 0 bridgehead atoms. The first-order valence-corrected chi connectivity index (χ1v) is 6.05. The van der Waals surface area contributed by atoms with E-state index in [4.69, 9.17) is 12.2 Å². The zero-order valence-corrected chi connectivity index (χ0v) is 11.9. The van der Waals surface area contributed by atoms with E-state index < -0.39 is 0 Å². The monoisotopic (exact) mass is 278 g/mol. The number of nitrogens with zero attached hydrogens (tertiary/aromatic N) is 5. The third-order valence-corrected chi connectivity index (χ3v) is 3.15. The Balaban J connectivity index is 2.53. The standard InChI is InChI=1S/C11H14N6OS/c1-6-9(8(3)16(4)15-6)5-12-17-10(18)7(2)13-14-11(17)19/h5H,1-4H3,(H,14,19)/b12-5-. The molecule has 0 radical (unpaired) electrons. The number of hydrogen-bond donors (Lipinski definition) is 1. The molecule has 2 aromatic heterocycles. The van der Waals surface area contributed by atoms with Crippen molar-refractivity contribution >= 4 is 18.4 Å². The average molecular weight is 278 g/mol. The minimum atomic E-state index is -0.334. The largest absolute Gasteiger partial charge is 0.296 e. The molecular weight excluding hydrogens is 264 g/mol. The molecule has 2 heterocycles. The molecule has 19 heavy (non-hydrogen) atoms. The summed E-state index contributed by atoms with van der Waals surface area (Å²) in [5, 5.41) is 14.8. The molecule has 0 amide bonds. The predicted octanol–water partition coefficient (Wildman–Crippen LogP) is 0.842. The lowest BCUT2D eigenvalue weighted by molar-refractivity contribution is 0.720. The fourth-order valence-electron chi connectivity index (χ4n) is 1.67. The molecule has 0 saturated heterocycles. The van der Waals surface area contributed by atoms with Crippen molar-refractivity contribution in [3.05, 3.63) is 37.8 Å². The van der Waals surface area contributed by atoms with Crippen molar-refractivity contribution < 1.29 is 0 Å². The molecule has 0 atom stereocenters. The second-order valence-electron chi connectivity index (χ2n) is 4.18. The van der Waals surface area contributed by atoms with Crippen LogP contribution in [0.5, 0.6) is 0 Å². The molecule has 0 aromatic carbocycles. The number of aromatic amines is 1. The van der Waals surface area contributed by atoms with E-state index in [0.717, 1.165) is 21.6 Å². The van der Waals surface area contributed by atoms with Gasteiger partial charge >= 0.3 is 0 Å². The van der Waals surface area contributed by atoms with Gasteiger partial charge in [-0.3, -0.25) is 14.6 Å². The first-order valence-electron chi connectivity index (χ1n) is 5.64. The highest BCUT2D eigenvalue weighted by atomic mass is 32.1. The van der Waals surface area contributed by atoms with Gasteiger partial charge in [0.1, 0.15) is 5.69 Å². The van der Waals surface area contributed by atoms with E-state index in [-0.39, 0.29) is 10.3 Å². The predicted molar refractivity (Wildman–Crippen MR) is 74.1 cm³/mol. The molecule has 0 aliphatic heterocycles. The highest BCUT2D eigenvalue weighted by molar-refractivity contribution is 7.71. The summed E-state index contributed by atoms with van der Waals surface area (Å²) in [4.78, 5) is 11.9. The zero-order valence-electron chi connectivity index (χ0n) is 11.1. The molecular formula is C11H14N6OS. The van der Waals surface area contributed by atoms with Gasteiger partial charge in [-0.2, -0.15) is 20.0 Å². The molecule has 0 unspecified atom stereocenters. The average Bonchev–Trinajstić information content (AvgIpc) is 2.60. The third-order valence-electron chi connectivity index (χ3n) is 2.88. The van der Waals surface area contributed by atoms with Crippen LogP contribution in [-0.2, 0) is 7.05 Å². The minimum absolute atomic E-state index is 0.158. The summed E-state index contributed by atoms with van der Waals surface area (Å²) in [5.74, 6) is 0. The number of rotatable bonds is 2. The van der Waals surface area contributed by atoms with Crippen molar-refractivity contribution in [1.82, 2.24) is 24.7 Å². The summed E-state index contributed by atoms with van der Waals surface area (Å²) in [7, 11) is 1.86. The minimum Gasteiger partial charge on any atom is -0.272 e. The summed E-state index contributed by atoms with van der Waals surface area (Å²) in [5.41, 5.74) is 2.66. The summed E-state index contributed by atoms with van der Waals surface area (Å²) in [6.07, 6.45) is 1.59. The SMILES string of the molecule is Cc1nn(C)c(C)c1/C=N\n1c(=S)[nH]nc(C)c1=O. The van der Waals surface area contributed by atoms with Gasteiger partial charge in [-0.1, -0.05) is 0 Å². The molecule has 0 spiro atoms. The van der Waals surface area contributed by atoms with Gasteiger partial charge in [0.15, 0.2) is 0 Å². The third kappa shape index (κ3) is 2.39. The van der Waals surface area contributed by atoms with Crippen LogP contribution in [0.25, 0.3) is 0 Å². The van der Waals surface area contributed by atoms with Crippen molar-refractivity contribution in [3.8, 4) is 0 Å². The Kier molecular flexibility index (Phi) is 3.43. The highest BCUT2D eigenvalue weighted by Gasteiger charge is 2.07. The Hall–Kier alpha value is -2.09. The van der Waals surface area contributed by atoms with Gasteiger partial charge in [0.25, 0.3) is 5.56 Å². The molecule has 2 rings (SSSR count). The number of hydrogen-bond acceptors (Lipinski definition) is 5. The molecule has 2 aromatic rings. The first-order chi connectivity index (χ1) is 8.91. The maximum Gasteiger partial charge on any atom is 0.296 e. The molecule has 0 aliphatic rings. The normalized spacial score (nSPS) is 11.4. The molecule has 0 saturated carbocycles. The summed E-state index contributed by atoms with van der Waals surface area (Å²) >= 11 is 5.00. The van der Waals surface area contributed by atoms with E-state index in [2.05, 4.69) is 20.4 Å². The summed E-state index contributed by atoms with van der Waals surface area (Å²) < 4.78 is 3.03. The smallest absolute Gasteiger partial charge is 0.272 e. The van der Waals surface area contributed by atoms with Gasteiger partial charge in [0.05, 0.1) is 11.9 Å². The van der Waals surface area contributed by atoms with Crippen molar-refractivity contribution in [1.29, 1.82) is 0 Å². The number of aromatic nitrogens is 5. The van der Waals surface area contributed by atoms with Crippen LogP contribution in [0.1, 0.15) is 22.6 Å². The van der Waals surface area contributed by atoms with Gasteiger partial charge in [-0.25, -0.2) is 0 Å². The van der Waals surface area contributed by atoms with E-state index in [1.54, 1.807) is 17.8 Å². The fraction of sp³-hybridized carbons (Fsp3) is 0.364. The summed E-state index contributed by atoms with van der Waals surface area (Å²) in [6, 6.07) is 0. The number of aryl methyl sites for hydroxylation is 3. The van der Waals surface area contributed by atoms with Crippen molar-refractivity contribution in [2.75, 3.05) is 0 Å². The lowest BCUT2D eigenvalue weighted by Crippen LogP contribution is -2.22. The molecule has 8 heteroatoms. The van der Waals surface area contributed by atoms with E-state index >= 15 is 0 Å². The van der Waals surface area contributed by atoms with Crippen LogP contribution in [0.15, 0.2) is 9.90 Å². The molecule has 0 fully saturated rings. The van der Waals surface area contributed by atoms with Crippen LogP contribution >= 0.6 is 12.2 Å². The lowest BCUT2D eigenvalue weighted by Gasteiger charge is -1.99. The fourth-order valence-corrected chi connectivity index (χ4v) is 1.85. The van der Waals surface area contributed by atoms with Crippen molar-refractivity contribution in [2.24, 2.45) is 12.1 Å². The van der Waals surface area contributed by atoms with E-state index in [1.807, 2.05) is 20.9 Å². The van der Waals surface area contributed by atoms with Crippen LogP contribution in [-0.4, -0.2) is 30.9 Å². The van der Waals surface area contributed by atoms with Gasteiger partial charge in [0.2, 0.25) is 4.77 Å². The number of H-pyrrole nitrogens is 1. The second-order valence-corrected chi connectivity index (χ2v) is 4.57. The first kappa shape index (κ1) is 13.3. The van der Waals surface area contributed by atoms with Gasteiger partial charge in [-0.15, -0.1) is 0 Å². The lowest BCUT2D eigenvalue weighted by atomic mass is 10.2. The molecule has 0 aliphatic carbocycles. The van der Waals surface area contributed by atoms with Crippen LogP contribution < -0.4 is 5.56 Å². The highest BCUT2D eigenvalue weighted by Crippen LogP contribution is 2.08. The topological polar surface area (TPSA) is 80.9 Å². The van der Waals surface area contributed by atoms with Crippen molar-refractivity contribution in [3.63, 3.8) is 0 Å². The maximum absolute atomic E-state index is 11.9. The van der Waals surface area contributed by atoms with E-state index in [9.17, 15) is 4.79 Å². The Morgan fingerprint density at radius 3 is 2.58 bits per heavy atom. The van der Waals surface area contributed by atoms with E-state index in [0.29, 0.717) is 5.69 Å². The van der Waals surface area contributed by atoms with Crippen molar-refractivity contribution in [2.45, 2.75) is 20.8 Å². The molecule has 7 nitrogen and oxygen atoms in total. The molecule has 100 valence electrons. The quantitative estimate of drug-likeness (QED) is 0.652. The summed E-state index contributed by atoms with van der Waals surface area (Å²) in [6.45, 7) is 5.42. The van der Waals surface area contributed by atoms with Crippen LogP contribution in [0.4, 0.5) is 0 Å². The Morgan fingerprint density at radius 2 is 2.00 bits per heavy atom. The van der Waals surface area contributed by atoms with Crippen LogP contribution in [0.2, 0.25) is 0 Å². The van der Waals surface area contributed by atoms with Crippen LogP contribution in [0, 0.1) is 25.5 Å². The molecule has 1 N–H and O–H groups in total. The maximum atomic E-state index is 11.9. The van der Waals surface area contributed by atoms with Gasteiger partial charge < -0.3 is 0 Å². The Bertz CT molecular complexity index is 766. The van der Waals surface area contributed by atoms with E-state index in [1.165, 1.54) is 0 Å². The Morgan fingerprint density at radius 1 is 1.32 bits per heavy atom. The Labute approximate surface area is 114 Å². The van der Waals surface area contributed by atoms with Gasteiger partial charge in [0, 0.05) is 18.3 Å². The second kappa shape index (κ2) is 4.88. The zero-order chi connectivity index (χ0) is 14.2. The number of nitrogens with one attached hydrogen (secondary N) is 1. The van der Waals surface area contributed by atoms with Gasteiger partial charge in [-0.05, 0) is 33.0 Å².